The molecule has 1 atom stereocenters. The first-order valence-corrected chi connectivity index (χ1v) is 5.40. The fraction of sp³-hybridized carbons (Fsp3) is 0.231. The quantitative estimate of drug-likeness (QED) is 0.541. The van der Waals surface area contributed by atoms with Crippen molar-refractivity contribution in [2.75, 3.05) is 6.54 Å². The highest BCUT2D eigenvalue weighted by Crippen LogP contribution is 2.12. The van der Waals surface area contributed by atoms with Gasteiger partial charge in [-0.1, -0.05) is 12.1 Å². The molecular weight excluding hydrogens is 232 g/mol. The van der Waals surface area contributed by atoms with Crippen LogP contribution in [0.1, 0.15) is 12.5 Å². The minimum absolute atomic E-state index is 0.0543. The highest BCUT2D eigenvalue weighted by atomic mass is 16.3. The van der Waals surface area contributed by atoms with E-state index in [0.29, 0.717) is 5.56 Å². The average Bonchev–Trinajstić information content (AvgIpc) is 2.35. The summed E-state index contributed by atoms with van der Waals surface area (Å²) in [6.07, 6.45) is 0.749. The lowest BCUT2D eigenvalue weighted by Gasteiger charge is -2.06. The van der Waals surface area contributed by atoms with Crippen LogP contribution in [0.4, 0.5) is 0 Å². The van der Waals surface area contributed by atoms with Crippen molar-refractivity contribution in [3.05, 3.63) is 35.4 Å². The van der Waals surface area contributed by atoms with E-state index in [1.165, 1.54) is 25.1 Å². The Labute approximate surface area is 105 Å². The number of aliphatic hydroxyl groups is 1. The zero-order valence-electron chi connectivity index (χ0n) is 9.92. The highest BCUT2D eigenvalue weighted by Gasteiger charge is 2.09. The largest absolute Gasteiger partial charge is 0.508 e. The van der Waals surface area contributed by atoms with Crippen LogP contribution in [0.25, 0.3) is 6.08 Å². The maximum Gasteiger partial charge on any atom is 0.262 e. The molecule has 94 valence electrons. The molecule has 5 nitrogen and oxygen atoms in total. The maximum absolute atomic E-state index is 11.6. The van der Waals surface area contributed by atoms with Crippen LogP contribution in [-0.4, -0.2) is 28.8 Å². The molecule has 1 rings (SSSR count). The van der Waals surface area contributed by atoms with E-state index >= 15 is 0 Å². The molecule has 0 aliphatic heterocycles. The Bertz CT molecular complexity index is 484. The second kappa shape index (κ2) is 6.42. The molecule has 5 heteroatoms. The van der Waals surface area contributed by atoms with Crippen molar-refractivity contribution in [2.45, 2.75) is 13.0 Å². The minimum Gasteiger partial charge on any atom is -0.508 e. The lowest BCUT2D eigenvalue weighted by molar-refractivity contribution is -0.117. The second-order valence-corrected chi connectivity index (χ2v) is 3.82. The molecule has 1 aromatic carbocycles. The van der Waals surface area contributed by atoms with Gasteiger partial charge in [0.05, 0.1) is 6.10 Å². The fourth-order valence-electron chi connectivity index (χ4n) is 1.22. The van der Waals surface area contributed by atoms with E-state index in [4.69, 9.17) is 15.5 Å². The number of phenolic OH excluding ortho intramolecular Hbond substituents is 1. The van der Waals surface area contributed by atoms with E-state index < -0.39 is 12.0 Å². The summed E-state index contributed by atoms with van der Waals surface area (Å²) in [6, 6.07) is 7.91. The van der Waals surface area contributed by atoms with Crippen LogP contribution in [0.15, 0.2) is 29.8 Å². The van der Waals surface area contributed by atoms with Gasteiger partial charge in [0.25, 0.3) is 5.91 Å². The number of nitriles is 1. The van der Waals surface area contributed by atoms with Crippen LogP contribution in [0.5, 0.6) is 5.75 Å². The molecule has 0 aliphatic rings. The van der Waals surface area contributed by atoms with Gasteiger partial charge in [-0.3, -0.25) is 4.79 Å². The van der Waals surface area contributed by atoms with Crippen LogP contribution in [0.3, 0.4) is 0 Å². The lowest BCUT2D eigenvalue weighted by Crippen LogP contribution is -2.31. The number of rotatable bonds is 4. The van der Waals surface area contributed by atoms with Gasteiger partial charge < -0.3 is 15.5 Å². The predicted molar refractivity (Wildman–Crippen MR) is 66.4 cm³/mol. The number of phenols is 1. The van der Waals surface area contributed by atoms with Crippen LogP contribution in [-0.2, 0) is 4.79 Å². The van der Waals surface area contributed by atoms with Crippen LogP contribution < -0.4 is 5.32 Å². The third kappa shape index (κ3) is 4.28. The van der Waals surface area contributed by atoms with Gasteiger partial charge in [0.15, 0.2) is 0 Å². The summed E-state index contributed by atoms with van der Waals surface area (Å²) in [4.78, 5) is 11.6. The molecule has 0 bridgehead atoms. The molecule has 0 fully saturated rings. The average molecular weight is 246 g/mol. The Hall–Kier alpha value is -2.32. The van der Waals surface area contributed by atoms with Crippen molar-refractivity contribution in [3.8, 4) is 11.8 Å². The van der Waals surface area contributed by atoms with Crippen LogP contribution >= 0.6 is 0 Å². The highest BCUT2D eigenvalue weighted by molar-refractivity contribution is 6.01. The summed E-state index contributed by atoms with van der Waals surface area (Å²) < 4.78 is 0. The number of hydrogen-bond donors (Lipinski definition) is 3. The van der Waals surface area contributed by atoms with E-state index in [0.717, 1.165) is 0 Å². The number of nitrogens with zero attached hydrogens (tertiary/aromatic N) is 1. The number of amides is 1. The molecule has 18 heavy (non-hydrogen) atoms. The predicted octanol–water partition coefficient (Wildman–Crippen LogP) is 0.796. The van der Waals surface area contributed by atoms with Gasteiger partial charge in [-0.05, 0) is 30.7 Å². The van der Waals surface area contributed by atoms with Gasteiger partial charge in [0.2, 0.25) is 0 Å². The van der Waals surface area contributed by atoms with Crippen molar-refractivity contribution >= 4 is 12.0 Å². The molecule has 3 N–H and O–H groups in total. The maximum atomic E-state index is 11.6. The van der Waals surface area contributed by atoms with Crippen molar-refractivity contribution < 1.29 is 15.0 Å². The number of aliphatic hydroxyl groups excluding tert-OH is 1. The molecule has 0 saturated carbocycles. The zero-order valence-corrected chi connectivity index (χ0v) is 9.92. The standard InChI is InChI=1S/C13H14N2O3/c1-9(16)8-15-13(18)11(7-14)6-10-2-4-12(17)5-3-10/h2-6,9,16-17H,8H2,1H3,(H,15,18)/b11-6+. The Morgan fingerprint density at radius 3 is 2.61 bits per heavy atom. The van der Waals surface area contributed by atoms with Gasteiger partial charge in [0.1, 0.15) is 17.4 Å². The number of aromatic hydroxyl groups is 1. The Morgan fingerprint density at radius 1 is 1.50 bits per heavy atom. The first kappa shape index (κ1) is 13.7. The monoisotopic (exact) mass is 246 g/mol. The molecule has 0 aliphatic carbocycles. The number of carbonyl (C=O) groups is 1. The van der Waals surface area contributed by atoms with Crippen molar-refractivity contribution in [3.63, 3.8) is 0 Å². The molecular formula is C13H14N2O3. The van der Waals surface area contributed by atoms with E-state index in [1.807, 2.05) is 0 Å². The third-order valence-corrected chi connectivity index (χ3v) is 2.13. The Kier molecular flexibility index (Phi) is 4.90. The first-order valence-electron chi connectivity index (χ1n) is 5.40. The van der Waals surface area contributed by atoms with Gasteiger partial charge in [0, 0.05) is 6.54 Å². The Balaban J connectivity index is 2.80. The molecule has 1 aromatic rings. The van der Waals surface area contributed by atoms with Gasteiger partial charge >= 0.3 is 0 Å². The van der Waals surface area contributed by atoms with E-state index in [1.54, 1.807) is 18.2 Å². The fourth-order valence-corrected chi connectivity index (χ4v) is 1.22. The second-order valence-electron chi connectivity index (χ2n) is 3.82. The Morgan fingerprint density at radius 2 is 2.11 bits per heavy atom. The molecule has 1 amide bonds. The normalized spacial score (nSPS) is 12.6. The van der Waals surface area contributed by atoms with Gasteiger partial charge in [-0.15, -0.1) is 0 Å². The summed E-state index contributed by atoms with van der Waals surface area (Å²) in [5.74, 6) is -0.421. The van der Waals surface area contributed by atoms with Crippen molar-refractivity contribution in [1.29, 1.82) is 5.26 Å². The first-order chi connectivity index (χ1) is 8.52. The number of benzene rings is 1. The van der Waals surface area contributed by atoms with Crippen molar-refractivity contribution in [1.82, 2.24) is 5.32 Å². The SMILES string of the molecule is CC(O)CNC(=O)/C(C#N)=C/c1ccc(O)cc1. The van der Waals surface area contributed by atoms with Gasteiger partial charge in [-0.25, -0.2) is 0 Å². The molecule has 0 aromatic heterocycles. The zero-order chi connectivity index (χ0) is 13.5. The molecule has 0 radical (unpaired) electrons. The summed E-state index contributed by atoms with van der Waals surface area (Å²) in [6.45, 7) is 1.63. The van der Waals surface area contributed by atoms with E-state index in [9.17, 15) is 4.79 Å². The molecule has 0 saturated heterocycles. The number of nitrogens with one attached hydrogen (secondary N) is 1. The van der Waals surface area contributed by atoms with Crippen molar-refractivity contribution in [2.24, 2.45) is 0 Å². The van der Waals surface area contributed by atoms with Crippen LogP contribution in [0.2, 0.25) is 0 Å². The third-order valence-electron chi connectivity index (χ3n) is 2.13. The lowest BCUT2D eigenvalue weighted by atomic mass is 10.1. The number of carbonyl (C=O) groups excluding carboxylic acids is 1. The minimum atomic E-state index is -0.664. The summed E-state index contributed by atoms with van der Waals surface area (Å²) >= 11 is 0. The van der Waals surface area contributed by atoms with Crippen LogP contribution in [0, 0.1) is 11.3 Å². The smallest absolute Gasteiger partial charge is 0.262 e. The van der Waals surface area contributed by atoms with E-state index in [2.05, 4.69) is 5.32 Å². The summed E-state index contributed by atoms with van der Waals surface area (Å²) in [7, 11) is 0. The summed E-state index contributed by atoms with van der Waals surface area (Å²) in [5.41, 5.74) is 0.581. The molecule has 1 unspecified atom stereocenters. The van der Waals surface area contributed by atoms with E-state index in [-0.39, 0.29) is 17.9 Å². The van der Waals surface area contributed by atoms with Gasteiger partial charge in [-0.2, -0.15) is 5.26 Å². The topological polar surface area (TPSA) is 93.4 Å². The molecule has 0 heterocycles. The molecule has 0 spiro atoms. The summed E-state index contributed by atoms with van der Waals surface area (Å²) in [5, 5.41) is 29.5. The number of hydrogen-bond acceptors (Lipinski definition) is 4.